The van der Waals surface area contributed by atoms with Gasteiger partial charge in [0.1, 0.15) is 4.21 Å². The van der Waals surface area contributed by atoms with Crippen molar-refractivity contribution in [2.75, 3.05) is 24.6 Å². The third-order valence-electron chi connectivity index (χ3n) is 2.71. The van der Waals surface area contributed by atoms with Crippen molar-refractivity contribution in [3.8, 4) is 0 Å². The van der Waals surface area contributed by atoms with Crippen LogP contribution < -0.4 is 5.73 Å². The average molecular weight is 323 g/mol. The SMILES string of the molecule is CC1CN(S(=O)(=O)c2cc([N+](=O)[O-])c(N)s2)CCS1. The van der Waals surface area contributed by atoms with Crippen molar-refractivity contribution in [1.29, 1.82) is 0 Å². The number of nitrogens with zero attached hydrogens (tertiary/aromatic N) is 2. The molecular formula is C9H13N3O4S3. The van der Waals surface area contributed by atoms with Crippen LogP contribution in [0.4, 0.5) is 10.7 Å². The minimum Gasteiger partial charge on any atom is -0.385 e. The summed E-state index contributed by atoms with van der Waals surface area (Å²) in [5.74, 6) is 0.726. The van der Waals surface area contributed by atoms with Crippen molar-refractivity contribution < 1.29 is 13.3 Å². The van der Waals surface area contributed by atoms with E-state index in [0.29, 0.717) is 13.1 Å². The number of thiophene rings is 1. The molecule has 1 atom stereocenters. The van der Waals surface area contributed by atoms with Gasteiger partial charge in [0.05, 0.1) is 4.92 Å². The molecule has 2 rings (SSSR count). The van der Waals surface area contributed by atoms with Crippen LogP contribution in [0.5, 0.6) is 0 Å². The molecule has 2 N–H and O–H groups in total. The predicted octanol–water partition coefficient (Wildman–Crippen LogP) is 1.36. The maximum Gasteiger partial charge on any atom is 0.304 e. The van der Waals surface area contributed by atoms with E-state index in [1.54, 1.807) is 11.8 Å². The molecule has 19 heavy (non-hydrogen) atoms. The Bertz CT molecular complexity index is 598. The molecule has 1 fully saturated rings. The maximum absolute atomic E-state index is 12.4. The summed E-state index contributed by atoms with van der Waals surface area (Å²) in [5, 5.41) is 10.8. The molecule has 1 aliphatic heterocycles. The van der Waals surface area contributed by atoms with Crippen molar-refractivity contribution in [2.45, 2.75) is 16.4 Å². The fourth-order valence-electron chi connectivity index (χ4n) is 1.77. The first-order valence-corrected chi connectivity index (χ1v) is 8.78. The minimum atomic E-state index is -3.68. The summed E-state index contributed by atoms with van der Waals surface area (Å²) in [7, 11) is -3.68. The first-order chi connectivity index (χ1) is 8.82. The van der Waals surface area contributed by atoms with E-state index in [2.05, 4.69) is 0 Å². The normalized spacial score (nSPS) is 21.4. The Morgan fingerprint density at radius 2 is 2.26 bits per heavy atom. The molecule has 1 unspecified atom stereocenters. The highest BCUT2D eigenvalue weighted by molar-refractivity contribution is 8.00. The van der Waals surface area contributed by atoms with E-state index in [1.165, 1.54) is 4.31 Å². The Labute approximate surface area is 119 Å². The molecule has 0 spiro atoms. The number of sulfonamides is 1. The Kier molecular flexibility index (Phi) is 4.04. The van der Waals surface area contributed by atoms with Gasteiger partial charge in [0.15, 0.2) is 5.00 Å². The van der Waals surface area contributed by atoms with Gasteiger partial charge >= 0.3 is 5.69 Å². The highest BCUT2D eigenvalue weighted by Crippen LogP contribution is 2.36. The van der Waals surface area contributed by atoms with Crippen LogP contribution in [0, 0.1) is 10.1 Å². The molecule has 7 nitrogen and oxygen atoms in total. The number of nitrogens with two attached hydrogens (primary N) is 1. The first-order valence-electron chi connectivity index (χ1n) is 5.48. The molecule has 1 aromatic rings. The zero-order chi connectivity index (χ0) is 14.2. The summed E-state index contributed by atoms with van der Waals surface area (Å²) in [6.45, 7) is 2.79. The lowest BCUT2D eigenvalue weighted by molar-refractivity contribution is -0.383. The summed E-state index contributed by atoms with van der Waals surface area (Å²) < 4.78 is 26.0. The van der Waals surface area contributed by atoms with E-state index >= 15 is 0 Å². The smallest absolute Gasteiger partial charge is 0.304 e. The molecule has 1 aliphatic rings. The molecule has 0 aromatic carbocycles. The van der Waals surface area contributed by atoms with E-state index in [4.69, 9.17) is 5.73 Å². The van der Waals surface area contributed by atoms with Gasteiger partial charge in [0, 0.05) is 30.2 Å². The number of nitro groups is 1. The highest BCUT2D eigenvalue weighted by Gasteiger charge is 2.32. The minimum absolute atomic E-state index is 0.0594. The second-order valence-electron chi connectivity index (χ2n) is 4.12. The van der Waals surface area contributed by atoms with Gasteiger partial charge in [-0.3, -0.25) is 10.1 Å². The Hall–Kier alpha value is -0.840. The van der Waals surface area contributed by atoms with Crippen LogP contribution in [0.2, 0.25) is 0 Å². The first kappa shape index (κ1) is 14.6. The topological polar surface area (TPSA) is 107 Å². The van der Waals surface area contributed by atoms with Crippen molar-refractivity contribution >= 4 is 43.8 Å². The Balaban J connectivity index is 2.34. The number of nitrogen functional groups attached to an aromatic ring is 1. The van der Waals surface area contributed by atoms with Crippen molar-refractivity contribution in [1.82, 2.24) is 4.31 Å². The molecule has 106 valence electrons. The third kappa shape index (κ3) is 2.86. The number of hydrogen-bond donors (Lipinski definition) is 1. The molecule has 0 radical (unpaired) electrons. The van der Waals surface area contributed by atoms with Gasteiger partial charge < -0.3 is 5.73 Å². The summed E-state index contributed by atoms with van der Waals surface area (Å²) in [6.07, 6.45) is 0. The molecule has 2 heterocycles. The number of anilines is 1. The van der Waals surface area contributed by atoms with Crippen LogP contribution in [-0.4, -0.2) is 41.7 Å². The van der Waals surface area contributed by atoms with Crippen LogP contribution in [0.3, 0.4) is 0 Å². The van der Waals surface area contributed by atoms with Crippen LogP contribution in [-0.2, 0) is 10.0 Å². The lowest BCUT2D eigenvalue weighted by Crippen LogP contribution is -2.40. The molecule has 0 bridgehead atoms. The van der Waals surface area contributed by atoms with Gasteiger partial charge in [0.25, 0.3) is 10.0 Å². The molecule has 0 saturated carbocycles. The summed E-state index contributed by atoms with van der Waals surface area (Å²) in [6, 6.07) is 1.04. The fourth-order valence-corrected chi connectivity index (χ4v) is 5.90. The molecule has 10 heteroatoms. The zero-order valence-corrected chi connectivity index (χ0v) is 12.6. The van der Waals surface area contributed by atoms with Crippen LogP contribution >= 0.6 is 23.1 Å². The van der Waals surface area contributed by atoms with E-state index in [0.717, 1.165) is 23.2 Å². The van der Waals surface area contributed by atoms with Crippen LogP contribution in [0.15, 0.2) is 10.3 Å². The van der Waals surface area contributed by atoms with Crippen molar-refractivity contribution in [3.05, 3.63) is 16.2 Å². The summed E-state index contributed by atoms with van der Waals surface area (Å²) in [4.78, 5) is 10.0. The highest BCUT2D eigenvalue weighted by atomic mass is 32.2. The van der Waals surface area contributed by atoms with Crippen LogP contribution in [0.25, 0.3) is 0 Å². The summed E-state index contributed by atoms with van der Waals surface area (Å²) in [5.41, 5.74) is 5.14. The Morgan fingerprint density at radius 1 is 1.58 bits per heavy atom. The third-order valence-corrected chi connectivity index (χ3v) is 7.12. The summed E-state index contributed by atoms with van der Waals surface area (Å²) >= 11 is 2.45. The second-order valence-corrected chi connectivity index (χ2v) is 8.91. The van der Waals surface area contributed by atoms with Gasteiger partial charge in [0.2, 0.25) is 0 Å². The standard InChI is InChI=1S/C9H13N3O4S3/c1-6-5-11(2-3-17-6)19(15,16)8-4-7(12(13)14)9(10)18-8/h4,6H,2-3,5,10H2,1H3. The van der Waals surface area contributed by atoms with Gasteiger partial charge in [-0.15, -0.1) is 0 Å². The molecule has 1 saturated heterocycles. The maximum atomic E-state index is 12.4. The van der Waals surface area contributed by atoms with E-state index in [9.17, 15) is 18.5 Å². The fraction of sp³-hybridized carbons (Fsp3) is 0.556. The number of thioether (sulfide) groups is 1. The van der Waals surface area contributed by atoms with Gasteiger partial charge in [-0.2, -0.15) is 16.1 Å². The molecule has 0 amide bonds. The Morgan fingerprint density at radius 3 is 2.79 bits per heavy atom. The van der Waals surface area contributed by atoms with E-state index in [-0.39, 0.29) is 20.1 Å². The lowest BCUT2D eigenvalue weighted by atomic mass is 10.4. The van der Waals surface area contributed by atoms with E-state index < -0.39 is 14.9 Å². The lowest BCUT2D eigenvalue weighted by Gasteiger charge is -2.29. The van der Waals surface area contributed by atoms with Crippen molar-refractivity contribution in [2.24, 2.45) is 0 Å². The van der Waals surface area contributed by atoms with Gasteiger partial charge in [-0.05, 0) is 0 Å². The second kappa shape index (κ2) is 5.27. The van der Waals surface area contributed by atoms with Gasteiger partial charge in [-0.1, -0.05) is 18.3 Å². The van der Waals surface area contributed by atoms with Crippen LogP contribution in [0.1, 0.15) is 6.92 Å². The molecular weight excluding hydrogens is 310 g/mol. The quantitative estimate of drug-likeness (QED) is 0.665. The number of rotatable bonds is 3. The van der Waals surface area contributed by atoms with E-state index in [1.807, 2.05) is 6.92 Å². The zero-order valence-electron chi connectivity index (χ0n) is 10.1. The molecule has 1 aromatic heterocycles. The molecule has 0 aliphatic carbocycles. The monoisotopic (exact) mass is 323 g/mol. The van der Waals surface area contributed by atoms with Crippen molar-refractivity contribution in [3.63, 3.8) is 0 Å². The predicted molar refractivity (Wildman–Crippen MR) is 76.1 cm³/mol. The largest absolute Gasteiger partial charge is 0.385 e. The number of hydrogen-bond acceptors (Lipinski definition) is 7. The average Bonchev–Trinajstić information content (AvgIpc) is 2.72. The van der Waals surface area contributed by atoms with Gasteiger partial charge in [-0.25, -0.2) is 8.42 Å².